The molecule has 0 atom stereocenters. The van der Waals surface area contributed by atoms with Crippen LogP contribution < -0.4 is 20.3 Å². The topological polar surface area (TPSA) is 76.7 Å². The number of halogens is 1. The van der Waals surface area contributed by atoms with Crippen molar-refractivity contribution in [1.29, 1.82) is 0 Å². The Morgan fingerprint density at radius 3 is 2.48 bits per heavy atom. The van der Waals surface area contributed by atoms with E-state index >= 15 is 0 Å². The first-order chi connectivity index (χ1) is 13.0. The molecule has 0 aliphatic heterocycles. The molecule has 2 aromatic carbocycles. The van der Waals surface area contributed by atoms with Crippen molar-refractivity contribution in [2.45, 2.75) is 26.7 Å². The second-order valence-corrected chi connectivity index (χ2v) is 6.61. The lowest BCUT2D eigenvalue weighted by atomic mass is 10.2. The fourth-order valence-electron chi connectivity index (χ4n) is 2.25. The van der Waals surface area contributed by atoms with Gasteiger partial charge in [-0.05, 0) is 58.6 Å². The van der Waals surface area contributed by atoms with Gasteiger partial charge in [-0.2, -0.15) is 0 Å². The third-order valence-corrected chi connectivity index (χ3v) is 4.29. The van der Waals surface area contributed by atoms with Gasteiger partial charge in [-0.3, -0.25) is 20.4 Å². The average Bonchev–Trinajstić information content (AvgIpc) is 2.69. The molecule has 0 fully saturated rings. The Hall–Kier alpha value is -2.54. The highest BCUT2D eigenvalue weighted by Crippen LogP contribution is 2.26. The van der Waals surface area contributed by atoms with E-state index in [0.29, 0.717) is 23.7 Å². The average molecular weight is 435 g/mol. The van der Waals surface area contributed by atoms with E-state index in [4.69, 9.17) is 9.47 Å². The molecule has 0 aliphatic carbocycles. The number of hydrogen-bond acceptors (Lipinski definition) is 4. The minimum absolute atomic E-state index is 0.224. The number of benzene rings is 2. The summed E-state index contributed by atoms with van der Waals surface area (Å²) in [6.45, 7) is 4.33. The van der Waals surface area contributed by atoms with E-state index in [1.165, 1.54) is 0 Å². The maximum absolute atomic E-state index is 12.3. The Kier molecular flexibility index (Phi) is 8.13. The van der Waals surface area contributed by atoms with E-state index in [0.717, 1.165) is 22.9 Å². The Balaban J connectivity index is 1.86. The van der Waals surface area contributed by atoms with E-state index in [-0.39, 0.29) is 6.61 Å². The number of aryl methyl sites for hydroxylation is 1. The molecule has 0 bridgehead atoms. The van der Waals surface area contributed by atoms with Crippen LogP contribution in [-0.4, -0.2) is 25.0 Å². The summed E-state index contributed by atoms with van der Waals surface area (Å²) >= 11 is 3.42. The fourth-order valence-corrected chi connectivity index (χ4v) is 2.79. The third kappa shape index (κ3) is 6.29. The molecule has 2 aromatic rings. The molecule has 2 amide bonds. The number of carbonyl (C=O) groups is 2. The Bertz CT molecular complexity index is 795. The van der Waals surface area contributed by atoms with Crippen LogP contribution in [0.3, 0.4) is 0 Å². The zero-order valence-electron chi connectivity index (χ0n) is 15.4. The maximum Gasteiger partial charge on any atom is 0.276 e. The van der Waals surface area contributed by atoms with Crippen LogP contribution in [0.15, 0.2) is 46.9 Å². The smallest absolute Gasteiger partial charge is 0.276 e. The molecule has 0 aliphatic rings. The van der Waals surface area contributed by atoms with Crippen molar-refractivity contribution in [2.75, 3.05) is 13.2 Å². The fraction of sp³-hybridized carbons (Fsp3) is 0.300. The Labute approximate surface area is 167 Å². The zero-order chi connectivity index (χ0) is 19.6. The van der Waals surface area contributed by atoms with Crippen LogP contribution in [0, 0.1) is 0 Å². The quantitative estimate of drug-likeness (QED) is 0.621. The monoisotopic (exact) mass is 434 g/mol. The molecule has 144 valence electrons. The maximum atomic E-state index is 12.3. The number of hydrogen-bond donors (Lipinski definition) is 2. The summed E-state index contributed by atoms with van der Waals surface area (Å²) in [6.07, 6.45) is 1.74. The number of para-hydroxylation sites is 1. The SMILES string of the molecule is CCCOc1ccccc1C(=O)NNC(=O)COc1ccc(CC)cc1Br. The van der Waals surface area contributed by atoms with Gasteiger partial charge in [0.2, 0.25) is 0 Å². The third-order valence-electron chi connectivity index (χ3n) is 3.67. The summed E-state index contributed by atoms with van der Waals surface area (Å²) < 4.78 is 11.8. The van der Waals surface area contributed by atoms with E-state index in [1.54, 1.807) is 30.3 Å². The highest BCUT2D eigenvalue weighted by atomic mass is 79.9. The van der Waals surface area contributed by atoms with E-state index in [9.17, 15) is 9.59 Å². The first-order valence-corrected chi connectivity index (χ1v) is 9.56. The summed E-state index contributed by atoms with van der Waals surface area (Å²) in [6, 6.07) is 12.6. The second-order valence-electron chi connectivity index (χ2n) is 5.75. The van der Waals surface area contributed by atoms with E-state index in [1.807, 2.05) is 19.1 Å². The molecule has 0 saturated carbocycles. The van der Waals surface area contributed by atoms with E-state index < -0.39 is 11.8 Å². The molecule has 0 radical (unpaired) electrons. The molecule has 0 saturated heterocycles. The summed E-state index contributed by atoms with van der Waals surface area (Å²) in [4.78, 5) is 24.2. The van der Waals surface area contributed by atoms with Gasteiger partial charge in [-0.25, -0.2) is 0 Å². The van der Waals surface area contributed by atoms with Gasteiger partial charge in [0.05, 0.1) is 16.6 Å². The first-order valence-electron chi connectivity index (χ1n) is 8.77. The lowest BCUT2D eigenvalue weighted by Gasteiger charge is -2.12. The minimum Gasteiger partial charge on any atom is -0.493 e. The molecule has 0 spiro atoms. The second kappa shape index (κ2) is 10.6. The summed E-state index contributed by atoms with van der Waals surface area (Å²) in [5.74, 6) is 0.111. The van der Waals surface area contributed by atoms with Crippen molar-refractivity contribution in [1.82, 2.24) is 10.9 Å². The standard InChI is InChI=1S/C20H23BrN2O4/c1-3-11-26-17-8-6-5-7-15(17)20(25)23-22-19(24)13-27-18-10-9-14(4-2)12-16(18)21/h5-10,12H,3-4,11,13H2,1-2H3,(H,22,24)(H,23,25). The molecule has 0 aromatic heterocycles. The van der Waals surface area contributed by atoms with Gasteiger partial charge in [0.25, 0.3) is 11.8 Å². The molecular weight excluding hydrogens is 412 g/mol. The molecule has 2 rings (SSSR count). The van der Waals surface area contributed by atoms with Crippen molar-refractivity contribution in [3.8, 4) is 11.5 Å². The van der Waals surface area contributed by atoms with Crippen molar-refractivity contribution in [2.24, 2.45) is 0 Å². The normalized spacial score (nSPS) is 10.2. The number of amides is 2. The van der Waals surface area contributed by atoms with Crippen LogP contribution in [0.1, 0.15) is 36.2 Å². The van der Waals surface area contributed by atoms with Crippen molar-refractivity contribution in [3.63, 3.8) is 0 Å². The van der Waals surface area contributed by atoms with Crippen LogP contribution in [0.2, 0.25) is 0 Å². The van der Waals surface area contributed by atoms with Crippen molar-refractivity contribution >= 4 is 27.7 Å². The summed E-state index contributed by atoms with van der Waals surface area (Å²) in [5.41, 5.74) is 6.23. The highest BCUT2D eigenvalue weighted by molar-refractivity contribution is 9.10. The van der Waals surface area contributed by atoms with Crippen LogP contribution in [0.4, 0.5) is 0 Å². The molecule has 0 heterocycles. The highest BCUT2D eigenvalue weighted by Gasteiger charge is 2.13. The van der Waals surface area contributed by atoms with Gasteiger partial charge in [-0.1, -0.05) is 32.0 Å². The van der Waals surface area contributed by atoms with E-state index in [2.05, 4.69) is 33.7 Å². The van der Waals surface area contributed by atoms with Gasteiger partial charge < -0.3 is 9.47 Å². The number of ether oxygens (including phenoxy) is 2. The number of rotatable bonds is 8. The lowest BCUT2D eigenvalue weighted by molar-refractivity contribution is -0.123. The van der Waals surface area contributed by atoms with Crippen LogP contribution >= 0.6 is 15.9 Å². The predicted molar refractivity (Wildman–Crippen MR) is 107 cm³/mol. The number of nitrogens with one attached hydrogen (secondary N) is 2. The molecule has 7 heteroatoms. The molecule has 6 nitrogen and oxygen atoms in total. The van der Waals surface area contributed by atoms with Gasteiger partial charge >= 0.3 is 0 Å². The van der Waals surface area contributed by atoms with Crippen LogP contribution in [0.5, 0.6) is 11.5 Å². The van der Waals surface area contributed by atoms with Gasteiger partial charge in [-0.15, -0.1) is 0 Å². The molecule has 27 heavy (non-hydrogen) atoms. The van der Waals surface area contributed by atoms with Crippen LogP contribution in [-0.2, 0) is 11.2 Å². The summed E-state index contributed by atoms with van der Waals surface area (Å²) in [7, 11) is 0. The molecule has 2 N–H and O–H groups in total. The van der Waals surface area contributed by atoms with Crippen LogP contribution in [0.25, 0.3) is 0 Å². The Morgan fingerprint density at radius 2 is 1.78 bits per heavy atom. The summed E-state index contributed by atoms with van der Waals surface area (Å²) in [5, 5.41) is 0. The predicted octanol–water partition coefficient (Wildman–Crippen LogP) is 3.64. The molecular formula is C20H23BrN2O4. The largest absolute Gasteiger partial charge is 0.493 e. The zero-order valence-corrected chi connectivity index (χ0v) is 17.0. The van der Waals surface area contributed by atoms with Gasteiger partial charge in [0.15, 0.2) is 6.61 Å². The number of hydrazine groups is 1. The Morgan fingerprint density at radius 1 is 1.00 bits per heavy atom. The van der Waals surface area contributed by atoms with Crippen molar-refractivity contribution < 1.29 is 19.1 Å². The van der Waals surface area contributed by atoms with Gasteiger partial charge in [0, 0.05) is 0 Å². The minimum atomic E-state index is -0.471. The lowest BCUT2D eigenvalue weighted by Crippen LogP contribution is -2.44. The van der Waals surface area contributed by atoms with Crippen molar-refractivity contribution in [3.05, 3.63) is 58.1 Å². The molecule has 0 unspecified atom stereocenters. The van der Waals surface area contributed by atoms with Gasteiger partial charge in [0.1, 0.15) is 11.5 Å². The number of carbonyl (C=O) groups excluding carboxylic acids is 2. The first kappa shape index (κ1) is 20.8.